The molecule has 0 saturated heterocycles. The minimum Gasteiger partial charge on any atom is -0.389 e. The van der Waals surface area contributed by atoms with E-state index in [0.29, 0.717) is 5.56 Å². The highest BCUT2D eigenvalue weighted by Gasteiger charge is 2.16. The van der Waals surface area contributed by atoms with Gasteiger partial charge in [-0.25, -0.2) is 9.37 Å². The van der Waals surface area contributed by atoms with Crippen molar-refractivity contribution in [2.45, 2.75) is 26.0 Å². The lowest BCUT2D eigenvalue weighted by molar-refractivity contribution is 0.199. The van der Waals surface area contributed by atoms with Crippen molar-refractivity contribution in [1.82, 2.24) is 4.98 Å². The second-order valence-electron chi connectivity index (χ2n) is 4.93. The highest BCUT2D eigenvalue weighted by Crippen LogP contribution is 2.26. The first-order valence-corrected chi connectivity index (χ1v) is 6.62. The summed E-state index contributed by atoms with van der Waals surface area (Å²) in [5.41, 5.74) is 1.40. The molecule has 0 fully saturated rings. The molecule has 0 aliphatic heterocycles. The van der Waals surface area contributed by atoms with Gasteiger partial charge in [0.05, 0.1) is 12.1 Å². The maximum atomic E-state index is 13.8. The monoisotopic (exact) mass is 274 g/mol. The summed E-state index contributed by atoms with van der Waals surface area (Å²) in [6.45, 7) is 3.63. The number of aliphatic hydroxyl groups is 1. The molecule has 0 radical (unpaired) electrons. The second kappa shape index (κ2) is 6.01. The van der Waals surface area contributed by atoms with Crippen LogP contribution in [0.25, 0.3) is 0 Å². The standard InChI is InChI=1S/C16H19FN2O/c1-11(14-6-4-5-7-15(14)17)19(3)16-9-8-13(10-18-16)12(2)20/h4-12,20H,1-3H3/t11?,12-/m0/s1. The van der Waals surface area contributed by atoms with Crippen LogP contribution in [0.15, 0.2) is 42.6 Å². The maximum absolute atomic E-state index is 13.8. The van der Waals surface area contributed by atoms with Crippen molar-refractivity contribution >= 4 is 5.82 Å². The van der Waals surface area contributed by atoms with E-state index in [1.54, 1.807) is 25.3 Å². The van der Waals surface area contributed by atoms with E-state index >= 15 is 0 Å². The van der Waals surface area contributed by atoms with Gasteiger partial charge in [0, 0.05) is 18.8 Å². The lowest BCUT2D eigenvalue weighted by Gasteiger charge is -2.26. The summed E-state index contributed by atoms with van der Waals surface area (Å²) in [5, 5.41) is 9.47. The summed E-state index contributed by atoms with van der Waals surface area (Å²) < 4.78 is 13.8. The molecule has 1 aromatic carbocycles. The number of hydrogen-bond donors (Lipinski definition) is 1. The average molecular weight is 274 g/mol. The van der Waals surface area contributed by atoms with E-state index in [4.69, 9.17) is 0 Å². The molecule has 4 heteroatoms. The third kappa shape index (κ3) is 2.96. The number of aromatic nitrogens is 1. The van der Waals surface area contributed by atoms with Gasteiger partial charge in [-0.1, -0.05) is 24.3 Å². The molecule has 1 heterocycles. The molecule has 1 N–H and O–H groups in total. The van der Waals surface area contributed by atoms with Gasteiger partial charge < -0.3 is 10.0 Å². The predicted molar refractivity (Wildman–Crippen MR) is 78.1 cm³/mol. The fourth-order valence-electron chi connectivity index (χ4n) is 2.07. The highest BCUT2D eigenvalue weighted by molar-refractivity contribution is 5.42. The zero-order valence-electron chi connectivity index (χ0n) is 11.9. The van der Waals surface area contributed by atoms with Gasteiger partial charge in [-0.05, 0) is 31.5 Å². The van der Waals surface area contributed by atoms with Gasteiger partial charge >= 0.3 is 0 Å². The zero-order chi connectivity index (χ0) is 14.7. The molecule has 0 aliphatic carbocycles. The van der Waals surface area contributed by atoms with E-state index in [9.17, 15) is 9.50 Å². The first-order chi connectivity index (χ1) is 9.50. The molecule has 3 nitrogen and oxygen atoms in total. The van der Waals surface area contributed by atoms with Gasteiger partial charge in [-0.15, -0.1) is 0 Å². The molecule has 2 rings (SSSR count). The molecule has 0 saturated carbocycles. The van der Waals surface area contributed by atoms with Crippen molar-refractivity contribution in [3.8, 4) is 0 Å². The number of rotatable bonds is 4. The van der Waals surface area contributed by atoms with Gasteiger partial charge in [0.2, 0.25) is 0 Å². The molecular weight excluding hydrogens is 255 g/mol. The molecule has 0 spiro atoms. The molecule has 1 unspecified atom stereocenters. The maximum Gasteiger partial charge on any atom is 0.128 e. The number of pyridine rings is 1. The Morgan fingerprint density at radius 1 is 1.15 bits per heavy atom. The predicted octanol–water partition coefficient (Wildman–Crippen LogP) is 3.47. The average Bonchev–Trinajstić information content (AvgIpc) is 2.46. The lowest BCUT2D eigenvalue weighted by Crippen LogP contribution is -2.23. The van der Waals surface area contributed by atoms with Crippen molar-refractivity contribution in [3.63, 3.8) is 0 Å². The third-order valence-electron chi connectivity index (χ3n) is 3.55. The third-order valence-corrected chi connectivity index (χ3v) is 3.55. The molecule has 0 aliphatic rings. The van der Waals surface area contributed by atoms with Crippen molar-refractivity contribution in [1.29, 1.82) is 0 Å². The fourth-order valence-corrected chi connectivity index (χ4v) is 2.07. The summed E-state index contributed by atoms with van der Waals surface area (Å²) in [6, 6.07) is 10.3. The van der Waals surface area contributed by atoms with E-state index in [2.05, 4.69) is 4.98 Å². The van der Waals surface area contributed by atoms with Crippen LogP contribution in [-0.2, 0) is 0 Å². The van der Waals surface area contributed by atoms with E-state index < -0.39 is 6.10 Å². The summed E-state index contributed by atoms with van der Waals surface area (Å²) in [4.78, 5) is 6.23. The van der Waals surface area contributed by atoms with Crippen molar-refractivity contribution in [2.24, 2.45) is 0 Å². The molecule has 2 atom stereocenters. The van der Waals surface area contributed by atoms with Crippen LogP contribution >= 0.6 is 0 Å². The Bertz CT molecular complexity index is 569. The van der Waals surface area contributed by atoms with E-state index in [-0.39, 0.29) is 11.9 Å². The molecule has 20 heavy (non-hydrogen) atoms. The Kier molecular flexibility index (Phi) is 4.35. The fraction of sp³-hybridized carbons (Fsp3) is 0.312. The SMILES string of the molecule is CC(c1ccccc1F)N(C)c1ccc([C@H](C)O)cn1. The van der Waals surface area contributed by atoms with Crippen LogP contribution < -0.4 is 4.90 Å². The summed E-state index contributed by atoms with van der Waals surface area (Å²) in [7, 11) is 1.88. The van der Waals surface area contributed by atoms with E-state index in [1.165, 1.54) is 6.07 Å². The van der Waals surface area contributed by atoms with Gasteiger partial charge in [0.25, 0.3) is 0 Å². The Morgan fingerprint density at radius 2 is 1.85 bits per heavy atom. The first-order valence-electron chi connectivity index (χ1n) is 6.62. The summed E-state index contributed by atoms with van der Waals surface area (Å²) in [6.07, 6.45) is 1.11. The minimum atomic E-state index is -0.536. The zero-order valence-corrected chi connectivity index (χ0v) is 11.9. The Labute approximate surface area is 118 Å². The molecule has 0 bridgehead atoms. The molecule has 2 aromatic rings. The van der Waals surface area contributed by atoms with Crippen LogP contribution in [0.1, 0.15) is 37.1 Å². The number of hydrogen-bond acceptors (Lipinski definition) is 3. The van der Waals surface area contributed by atoms with Crippen molar-refractivity contribution < 1.29 is 9.50 Å². The van der Waals surface area contributed by atoms with Crippen molar-refractivity contribution in [3.05, 3.63) is 59.5 Å². The van der Waals surface area contributed by atoms with Crippen LogP contribution in [0.5, 0.6) is 0 Å². The van der Waals surface area contributed by atoms with Gasteiger partial charge in [-0.3, -0.25) is 0 Å². The van der Waals surface area contributed by atoms with Gasteiger partial charge in [0.15, 0.2) is 0 Å². The largest absolute Gasteiger partial charge is 0.389 e. The van der Waals surface area contributed by atoms with E-state index in [1.807, 2.05) is 37.1 Å². The van der Waals surface area contributed by atoms with Crippen LogP contribution in [0.3, 0.4) is 0 Å². The number of benzene rings is 1. The van der Waals surface area contributed by atoms with Crippen LogP contribution in [0, 0.1) is 5.82 Å². The van der Waals surface area contributed by atoms with Crippen molar-refractivity contribution in [2.75, 3.05) is 11.9 Å². The Morgan fingerprint density at radius 3 is 2.40 bits per heavy atom. The number of aliphatic hydroxyl groups excluding tert-OH is 1. The Balaban J connectivity index is 2.22. The molecule has 106 valence electrons. The smallest absolute Gasteiger partial charge is 0.128 e. The van der Waals surface area contributed by atoms with Crippen LogP contribution in [0.2, 0.25) is 0 Å². The second-order valence-corrected chi connectivity index (χ2v) is 4.93. The molecule has 1 aromatic heterocycles. The van der Waals surface area contributed by atoms with Gasteiger partial charge in [-0.2, -0.15) is 0 Å². The summed E-state index contributed by atoms with van der Waals surface area (Å²) in [5.74, 6) is 0.526. The first kappa shape index (κ1) is 14.5. The number of nitrogens with zero attached hydrogens (tertiary/aromatic N) is 2. The summed E-state index contributed by atoms with van der Waals surface area (Å²) >= 11 is 0. The lowest BCUT2D eigenvalue weighted by atomic mass is 10.1. The topological polar surface area (TPSA) is 36.4 Å². The van der Waals surface area contributed by atoms with Gasteiger partial charge in [0.1, 0.15) is 11.6 Å². The quantitative estimate of drug-likeness (QED) is 0.927. The minimum absolute atomic E-state index is 0.124. The van der Waals surface area contributed by atoms with Crippen LogP contribution in [-0.4, -0.2) is 17.1 Å². The van der Waals surface area contributed by atoms with E-state index in [0.717, 1.165) is 11.4 Å². The number of halogens is 1. The molecule has 0 amide bonds. The molecular formula is C16H19FN2O. The number of anilines is 1. The normalized spacial score (nSPS) is 13.8. The van der Waals surface area contributed by atoms with Crippen LogP contribution in [0.4, 0.5) is 10.2 Å². The highest BCUT2D eigenvalue weighted by atomic mass is 19.1. The Hall–Kier alpha value is -1.94.